The third-order valence-electron chi connectivity index (χ3n) is 8.36. The van der Waals surface area contributed by atoms with Crippen LogP contribution in [-0.4, -0.2) is 70.6 Å². The summed E-state index contributed by atoms with van der Waals surface area (Å²) >= 11 is 0. The molecule has 5 amide bonds. The van der Waals surface area contributed by atoms with Crippen LogP contribution in [0.2, 0.25) is 0 Å². The molecule has 2 aromatic carbocycles. The van der Waals surface area contributed by atoms with Gasteiger partial charge in [-0.15, -0.1) is 0 Å². The average molecular weight is 673 g/mol. The number of carbonyl (C=O) groups is 5. The summed E-state index contributed by atoms with van der Waals surface area (Å²) in [6, 6.07) is 13.4. The number of carbonyl (C=O) groups excluding carboxylic acids is 5. The van der Waals surface area contributed by atoms with Gasteiger partial charge in [0.05, 0.1) is 5.69 Å². The molecule has 0 aliphatic carbocycles. The van der Waals surface area contributed by atoms with E-state index in [1.807, 2.05) is 51.1 Å². The molecular formula is C37H48N6O6. The molecule has 1 aromatic heterocycles. The van der Waals surface area contributed by atoms with E-state index in [9.17, 15) is 24.0 Å². The Hall–Kier alpha value is -5.00. The van der Waals surface area contributed by atoms with Crippen LogP contribution in [0.25, 0.3) is 0 Å². The van der Waals surface area contributed by atoms with Crippen molar-refractivity contribution in [2.75, 3.05) is 13.1 Å². The Balaban J connectivity index is 1.63. The van der Waals surface area contributed by atoms with Gasteiger partial charge in [-0.25, -0.2) is 4.98 Å². The van der Waals surface area contributed by atoms with Crippen molar-refractivity contribution in [2.24, 2.45) is 5.92 Å². The van der Waals surface area contributed by atoms with Crippen molar-refractivity contribution in [1.29, 1.82) is 0 Å². The fraction of sp³-hybridized carbons (Fsp3) is 0.459. The first-order valence-electron chi connectivity index (χ1n) is 17.0. The molecule has 0 unspecified atom stereocenters. The molecule has 12 heteroatoms. The molecular weight excluding hydrogens is 624 g/mol. The predicted molar refractivity (Wildman–Crippen MR) is 184 cm³/mol. The van der Waals surface area contributed by atoms with E-state index in [2.05, 4.69) is 26.3 Å². The summed E-state index contributed by atoms with van der Waals surface area (Å²) in [5.41, 5.74) is 2.48. The van der Waals surface area contributed by atoms with Crippen LogP contribution in [0.1, 0.15) is 90.6 Å². The summed E-state index contributed by atoms with van der Waals surface area (Å²) in [5, 5.41) is 11.3. The molecule has 49 heavy (non-hydrogen) atoms. The lowest BCUT2D eigenvalue weighted by atomic mass is 10.0. The van der Waals surface area contributed by atoms with Gasteiger partial charge in [-0.3, -0.25) is 24.0 Å². The predicted octanol–water partition coefficient (Wildman–Crippen LogP) is 3.47. The van der Waals surface area contributed by atoms with Crippen LogP contribution in [0.3, 0.4) is 0 Å². The van der Waals surface area contributed by atoms with Crippen LogP contribution in [-0.2, 0) is 33.8 Å². The maximum absolute atomic E-state index is 13.7. The number of nitrogens with zero attached hydrogens (tertiary/aromatic N) is 2. The third kappa shape index (κ3) is 10.5. The van der Waals surface area contributed by atoms with E-state index in [0.29, 0.717) is 55.9 Å². The monoisotopic (exact) mass is 672 g/mol. The smallest absolute Gasteiger partial charge is 0.291 e. The second-order valence-corrected chi connectivity index (χ2v) is 12.9. The lowest BCUT2D eigenvalue weighted by Gasteiger charge is -2.25. The van der Waals surface area contributed by atoms with Crippen molar-refractivity contribution in [3.8, 4) is 0 Å². The largest absolute Gasteiger partial charge is 0.435 e. The van der Waals surface area contributed by atoms with E-state index >= 15 is 0 Å². The van der Waals surface area contributed by atoms with Gasteiger partial charge in [0, 0.05) is 38.0 Å². The number of nitrogens with one attached hydrogen (secondary N) is 4. The number of hydrogen-bond donors (Lipinski definition) is 4. The third-order valence-corrected chi connectivity index (χ3v) is 8.36. The van der Waals surface area contributed by atoms with Crippen molar-refractivity contribution in [2.45, 2.75) is 91.4 Å². The van der Waals surface area contributed by atoms with Gasteiger partial charge in [0.25, 0.3) is 11.8 Å². The van der Waals surface area contributed by atoms with Gasteiger partial charge >= 0.3 is 0 Å². The second kappa shape index (κ2) is 17.4. The molecule has 0 fully saturated rings. The number of oxazole rings is 1. The quantitative estimate of drug-likeness (QED) is 0.292. The van der Waals surface area contributed by atoms with E-state index < -0.39 is 35.8 Å². The van der Waals surface area contributed by atoms with Gasteiger partial charge in [-0.1, -0.05) is 63.2 Å². The fourth-order valence-electron chi connectivity index (χ4n) is 5.63. The zero-order valence-electron chi connectivity index (χ0n) is 29.0. The van der Waals surface area contributed by atoms with E-state index in [0.717, 1.165) is 11.1 Å². The lowest BCUT2D eigenvalue weighted by Crippen LogP contribution is -2.57. The number of aromatic nitrogens is 1. The molecule has 0 spiro atoms. The Kier molecular flexibility index (Phi) is 13.1. The van der Waals surface area contributed by atoms with Gasteiger partial charge in [0.15, 0.2) is 5.89 Å². The van der Waals surface area contributed by atoms with Crippen LogP contribution in [0, 0.1) is 12.8 Å². The van der Waals surface area contributed by atoms with Crippen molar-refractivity contribution in [3.63, 3.8) is 0 Å². The molecule has 3 heterocycles. The zero-order chi connectivity index (χ0) is 35.5. The van der Waals surface area contributed by atoms with Crippen LogP contribution < -0.4 is 21.3 Å². The van der Waals surface area contributed by atoms with Crippen molar-refractivity contribution in [1.82, 2.24) is 31.2 Å². The molecule has 5 rings (SSSR count). The van der Waals surface area contributed by atoms with Crippen LogP contribution in [0.15, 0.2) is 59.0 Å². The molecule has 2 aliphatic rings. The molecule has 3 atom stereocenters. The van der Waals surface area contributed by atoms with E-state index in [1.165, 1.54) is 0 Å². The van der Waals surface area contributed by atoms with Crippen LogP contribution in [0.5, 0.6) is 0 Å². The molecule has 2 bridgehead atoms. The standard InChI is InChI=1S/C37H48N6O6/c1-6-31-39-24(4)32(49-31)37(48)43-19-11-10-18-38-33(44)25(5)40-35(46)29(20-23(2)3)42-36(47)30(21-26-12-8-7-9-13-26)41-34(45)28-16-14-27(22-43)15-17-28/h7-9,12-17,23,25,29-30H,6,10-11,18-22H2,1-5H3,(H,38,44)(H,40,46)(H,41,45)(H,42,47)/t25-,29+,30-/m1/s1. The Morgan fingerprint density at radius 3 is 2.27 bits per heavy atom. The van der Waals surface area contributed by atoms with Crippen LogP contribution >= 0.6 is 0 Å². The second-order valence-electron chi connectivity index (χ2n) is 12.9. The molecule has 3 aromatic rings. The Morgan fingerprint density at radius 2 is 1.61 bits per heavy atom. The molecule has 2 aliphatic heterocycles. The molecule has 4 N–H and O–H groups in total. The van der Waals surface area contributed by atoms with E-state index in [4.69, 9.17) is 4.42 Å². The fourth-order valence-corrected chi connectivity index (χ4v) is 5.63. The van der Waals surface area contributed by atoms with Gasteiger partial charge in [0.1, 0.15) is 18.1 Å². The topological polar surface area (TPSA) is 163 Å². The van der Waals surface area contributed by atoms with Gasteiger partial charge < -0.3 is 30.6 Å². The maximum atomic E-state index is 13.7. The number of benzene rings is 2. The van der Waals surface area contributed by atoms with E-state index in [1.54, 1.807) is 43.0 Å². The molecule has 262 valence electrons. The first-order valence-corrected chi connectivity index (χ1v) is 17.0. The number of amides is 5. The number of aryl methyl sites for hydroxylation is 2. The van der Waals surface area contributed by atoms with Gasteiger partial charge in [-0.2, -0.15) is 0 Å². The Bertz CT molecular complexity index is 1600. The summed E-state index contributed by atoms with van der Waals surface area (Å²) < 4.78 is 5.76. The highest BCUT2D eigenvalue weighted by molar-refractivity contribution is 5.99. The summed E-state index contributed by atoms with van der Waals surface area (Å²) in [5.74, 6) is -1.38. The number of fused-ring (bicyclic) bond motifs is 18. The highest BCUT2D eigenvalue weighted by Gasteiger charge is 2.30. The minimum Gasteiger partial charge on any atom is -0.435 e. The molecule has 0 saturated heterocycles. The zero-order valence-corrected chi connectivity index (χ0v) is 29.0. The van der Waals surface area contributed by atoms with Crippen LogP contribution in [0.4, 0.5) is 0 Å². The molecule has 0 saturated carbocycles. The summed E-state index contributed by atoms with van der Waals surface area (Å²) in [6.45, 7) is 10.1. The highest BCUT2D eigenvalue weighted by atomic mass is 16.4. The highest BCUT2D eigenvalue weighted by Crippen LogP contribution is 2.18. The van der Waals surface area contributed by atoms with Crippen molar-refractivity contribution < 1.29 is 28.4 Å². The minimum absolute atomic E-state index is 0.0587. The number of hydrogen-bond acceptors (Lipinski definition) is 7. The SMILES string of the molecule is CCc1nc(C)c(C(=O)N2CCCCNC(=O)[C@@H](C)NC(=O)[C@H](CC(C)C)NC(=O)[C@@H](Cc3ccccc3)NC(=O)c3ccc(cc3)C2)o1. The average Bonchev–Trinajstić information content (AvgIpc) is 3.47. The van der Waals surface area contributed by atoms with Gasteiger partial charge in [-0.05, 0) is 62.3 Å². The van der Waals surface area contributed by atoms with E-state index in [-0.39, 0.29) is 36.5 Å². The lowest BCUT2D eigenvalue weighted by molar-refractivity contribution is -0.132. The maximum Gasteiger partial charge on any atom is 0.291 e. The van der Waals surface area contributed by atoms with Gasteiger partial charge in [0.2, 0.25) is 23.5 Å². The van der Waals surface area contributed by atoms with Crippen molar-refractivity contribution in [3.05, 3.63) is 88.6 Å². The van der Waals surface area contributed by atoms with Crippen molar-refractivity contribution >= 4 is 29.5 Å². The number of rotatable bonds is 6. The normalized spacial score (nSPS) is 20.2. The molecule has 0 radical (unpaired) electrons. The first-order chi connectivity index (χ1) is 23.4. The summed E-state index contributed by atoms with van der Waals surface area (Å²) in [7, 11) is 0. The molecule has 12 nitrogen and oxygen atoms in total. The first kappa shape index (κ1) is 36.8. The Morgan fingerprint density at radius 1 is 0.918 bits per heavy atom. The Labute approximate surface area is 287 Å². The summed E-state index contributed by atoms with van der Waals surface area (Å²) in [6.07, 6.45) is 2.26. The minimum atomic E-state index is -0.988. The summed E-state index contributed by atoms with van der Waals surface area (Å²) in [4.78, 5) is 73.2.